The third-order valence-corrected chi connectivity index (χ3v) is 5.96. The molecule has 0 radical (unpaired) electrons. The molecule has 0 unspecified atom stereocenters. The highest BCUT2D eigenvalue weighted by Crippen LogP contribution is 2.37. The average molecular weight is 461 g/mol. The summed E-state index contributed by atoms with van der Waals surface area (Å²) in [6.07, 6.45) is 2.49. The number of hydrogen-bond acceptors (Lipinski definition) is 5. The number of amides is 2. The van der Waals surface area contributed by atoms with Crippen LogP contribution in [0.15, 0.2) is 72.0 Å². The number of para-hydroxylation sites is 1. The molecule has 1 aliphatic heterocycles. The van der Waals surface area contributed by atoms with E-state index in [9.17, 15) is 9.59 Å². The molecule has 0 fully saturated rings. The van der Waals surface area contributed by atoms with Gasteiger partial charge in [0.15, 0.2) is 0 Å². The van der Waals surface area contributed by atoms with Crippen LogP contribution in [0.1, 0.15) is 34.1 Å². The summed E-state index contributed by atoms with van der Waals surface area (Å²) in [5, 5.41) is 6.19. The summed E-state index contributed by atoms with van der Waals surface area (Å²) in [6.45, 7) is -0.111. The van der Waals surface area contributed by atoms with E-state index < -0.39 is 0 Å². The van der Waals surface area contributed by atoms with Crippen LogP contribution in [0.3, 0.4) is 0 Å². The molecular formula is C26H28N4O4. The summed E-state index contributed by atoms with van der Waals surface area (Å²) in [5.41, 5.74) is 3.10. The second kappa shape index (κ2) is 9.82. The van der Waals surface area contributed by atoms with Crippen molar-refractivity contribution in [2.75, 3.05) is 27.8 Å². The third kappa shape index (κ3) is 4.52. The van der Waals surface area contributed by atoms with E-state index in [2.05, 4.69) is 0 Å². The number of carbonyl (C=O) groups excluding carboxylic acids is 2. The molecule has 0 aliphatic carbocycles. The molecule has 1 aromatic heterocycles. The average Bonchev–Trinajstić information content (AvgIpc) is 3.49. The molecule has 0 spiro atoms. The summed E-state index contributed by atoms with van der Waals surface area (Å²) in [5.74, 6) is 0.825. The number of ether oxygens (including phenoxy) is 2. The molecule has 4 rings (SSSR count). The molecule has 8 heteroatoms. The molecule has 0 saturated carbocycles. The van der Waals surface area contributed by atoms with Gasteiger partial charge in [0, 0.05) is 37.8 Å². The molecule has 1 aliphatic rings. The monoisotopic (exact) mass is 460 g/mol. The molecule has 2 heterocycles. The lowest BCUT2D eigenvalue weighted by atomic mass is 9.99. The van der Waals surface area contributed by atoms with Crippen LogP contribution in [0.4, 0.5) is 0 Å². The minimum absolute atomic E-state index is 0.111. The molecule has 0 N–H and O–H groups in total. The first-order valence-electron chi connectivity index (χ1n) is 11.0. The maximum absolute atomic E-state index is 13.4. The van der Waals surface area contributed by atoms with Gasteiger partial charge < -0.3 is 18.9 Å². The largest absolute Gasteiger partial charge is 0.497 e. The van der Waals surface area contributed by atoms with Crippen molar-refractivity contribution in [2.45, 2.75) is 12.5 Å². The molecule has 0 bridgehead atoms. The lowest BCUT2D eigenvalue weighted by molar-refractivity contribution is -0.133. The fourth-order valence-corrected chi connectivity index (χ4v) is 4.14. The molecule has 2 aromatic carbocycles. The first kappa shape index (κ1) is 23.1. The number of aryl methyl sites for hydroxylation is 1. The molecule has 1 atom stereocenters. The van der Waals surface area contributed by atoms with Gasteiger partial charge in [-0.15, -0.1) is 0 Å². The normalized spacial score (nSPS) is 15.1. The van der Waals surface area contributed by atoms with Gasteiger partial charge in [0.1, 0.15) is 18.0 Å². The van der Waals surface area contributed by atoms with Crippen LogP contribution in [0.2, 0.25) is 0 Å². The number of hydrazone groups is 1. The van der Waals surface area contributed by atoms with Crippen LogP contribution in [-0.4, -0.2) is 59.8 Å². The SMILES string of the molecule is COc1ccc(C(=O)N(C)CC(=O)N2N=C(c3cccn3C)C[C@@H]2c2ccccc2OC)cc1. The number of benzene rings is 2. The van der Waals surface area contributed by atoms with E-state index in [1.165, 1.54) is 9.91 Å². The smallest absolute Gasteiger partial charge is 0.262 e. The van der Waals surface area contributed by atoms with Crippen molar-refractivity contribution < 1.29 is 19.1 Å². The number of rotatable bonds is 7. The van der Waals surface area contributed by atoms with Crippen LogP contribution in [-0.2, 0) is 11.8 Å². The van der Waals surface area contributed by atoms with Crippen molar-refractivity contribution in [3.63, 3.8) is 0 Å². The van der Waals surface area contributed by atoms with Gasteiger partial charge in [-0.3, -0.25) is 9.59 Å². The molecule has 2 amide bonds. The Labute approximate surface area is 199 Å². The van der Waals surface area contributed by atoms with Crippen LogP contribution in [0.5, 0.6) is 11.5 Å². The molecule has 34 heavy (non-hydrogen) atoms. The van der Waals surface area contributed by atoms with E-state index in [0.29, 0.717) is 23.5 Å². The van der Waals surface area contributed by atoms with Gasteiger partial charge in [-0.25, -0.2) is 5.01 Å². The topological polar surface area (TPSA) is 76.4 Å². The van der Waals surface area contributed by atoms with Crippen molar-refractivity contribution >= 4 is 17.5 Å². The Balaban J connectivity index is 1.59. The maximum atomic E-state index is 13.4. The van der Waals surface area contributed by atoms with Crippen LogP contribution in [0, 0.1) is 0 Å². The number of nitrogens with zero attached hydrogens (tertiary/aromatic N) is 4. The predicted molar refractivity (Wildman–Crippen MR) is 129 cm³/mol. The van der Waals surface area contributed by atoms with E-state index in [4.69, 9.17) is 14.6 Å². The Kier molecular flexibility index (Phi) is 6.67. The quantitative estimate of drug-likeness (QED) is 0.541. The van der Waals surface area contributed by atoms with Crippen molar-refractivity contribution in [1.29, 1.82) is 0 Å². The summed E-state index contributed by atoms with van der Waals surface area (Å²) in [6, 6.07) is 18.0. The van der Waals surface area contributed by atoms with E-state index in [0.717, 1.165) is 17.0 Å². The fraction of sp³-hybridized carbons (Fsp3) is 0.269. The van der Waals surface area contributed by atoms with Crippen molar-refractivity contribution in [2.24, 2.45) is 12.1 Å². The zero-order chi connectivity index (χ0) is 24.2. The minimum Gasteiger partial charge on any atom is -0.497 e. The highest BCUT2D eigenvalue weighted by Gasteiger charge is 2.36. The zero-order valence-electron chi connectivity index (χ0n) is 19.8. The Bertz CT molecular complexity index is 1220. The molecule has 176 valence electrons. The van der Waals surface area contributed by atoms with Gasteiger partial charge in [-0.1, -0.05) is 18.2 Å². The third-order valence-electron chi connectivity index (χ3n) is 5.96. The van der Waals surface area contributed by atoms with E-state index in [1.807, 2.05) is 54.2 Å². The minimum atomic E-state index is -0.335. The number of hydrogen-bond donors (Lipinski definition) is 0. The summed E-state index contributed by atoms with van der Waals surface area (Å²) in [7, 11) is 6.74. The second-order valence-electron chi connectivity index (χ2n) is 8.14. The van der Waals surface area contributed by atoms with E-state index >= 15 is 0 Å². The molecule has 8 nitrogen and oxygen atoms in total. The molecule has 0 saturated heterocycles. The lowest BCUT2D eigenvalue weighted by Crippen LogP contribution is -2.39. The summed E-state index contributed by atoms with van der Waals surface area (Å²) >= 11 is 0. The second-order valence-corrected chi connectivity index (χ2v) is 8.14. The van der Waals surface area contributed by atoms with Gasteiger partial charge in [0.25, 0.3) is 11.8 Å². The van der Waals surface area contributed by atoms with E-state index in [-0.39, 0.29) is 24.4 Å². The Morgan fingerprint density at radius 1 is 1.03 bits per heavy atom. The number of likely N-dealkylation sites (N-methyl/N-ethyl adjacent to an activating group) is 1. The van der Waals surface area contributed by atoms with Crippen LogP contribution >= 0.6 is 0 Å². The van der Waals surface area contributed by atoms with Gasteiger partial charge >= 0.3 is 0 Å². The predicted octanol–water partition coefficient (Wildman–Crippen LogP) is 3.49. The van der Waals surface area contributed by atoms with Gasteiger partial charge in [-0.2, -0.15) is 5.10 Å². The zero-order valence-corrected chi connectivity index (χ0v) is 19.8. The van der Waals surface area contributed by atoms with Crippen molar-refractivity contribution in [3.05, 3.63) is 83.7 Å². The summed E-state index contributed by atoms with van der Waals surface area (Å²) in [4.78, 5) is 27.7. The summed E-state index contributed by atoms with van der Waals surface area (Å²) < 4.78 is 12.7. The lowest BCUT2D eigenvalue weighted by Gasteiger charge is -2.26. The van der Waals surface area contributed by atoms with Gasteiger partial charge in [0.2, 0.25) is 0 Å². The number of methoxy groups -OCH3 is 2. The number of aromatic nitrogens is 1. The van der Waals surface area contributed by atoms with Crippen LogP contribution in [0.25, 0.3) is 0 Å². The van der Waals surface area contributed by atoms with Gasteiger partial charge in [-0.05, 0) is 42.5 Å². The van der Waals surface area contributed by atoms with Crippen LogP contribution < -0.4 is 9.47 Å². The van der Waals surface area contributed by atoms with Gasteiger partial charge in [0.05, 0.1) is 31.7 Å². The Morgan fingerprint density at radius 2 is 1.76 bits per heavy atom. The van der Waals surface area contributed by atoms with E-state index in [1.54, 1.807) is 45.5 Å². The standard InChI is InChI=1S/C26H28N4O4/c1-28-15-7-9-22(28)21-16-23(20-8-5-6-10-24(20)34-4)30(27-21)25(31)17-29(2)26(32)18-11-13-19(33-3)14-12-18/h5-15,23H,16-17H2,1-4H3/t23-/m1/s1. The maximum Gasteiger partial charge on any atom is 0.262 e. The molecule has 3 aromatic rings. The first-order chi connectivity index (χ1) is 16.4. The van der Waals surface area contributed by atoms with Crippen molar-refractivity contribution in [3.8, 4) is 11.5 Å². The molecular weight excluding hydrogens is 432 g/mol. The Hall–Kier alpha value is -4.07. The highest BCUT2D eigenvalue weighted by atomic mass is 16.5. The Morgan fingerprint density at radius 3 is 2.41 bits per heavy atom. The van der Waals surface area contributed by atoms with Crippen molar-refractivity contribution in [1.82, 2.24) is 14.5 Å². The first-order valence-corrected chi connectivity index (χ1v) is 11.0. The highest BCUT2D eigenvalue weighted by molar-refractivity contribution is 6.03. The number of carbonyl (C=O) groups is 2. The fourth-order valence-electron chi connectivity index (χ4n) is 4.14.